The number of esters is 1. The summed E-state index contributed by atoms with van der Waals surface area (Å²) in [4.78, 5) is 16.6. The Balaban J connectivity index is 1.48. The molecule has 0 spiro atoms. The second-order valence-electron chi connectivity index (χ2n) is 5.66. The minimum Gasteiger partial charge on any atom is -0.457 e. The van der Waals surface area contributed by atoms with Gasteiger partial charge in [0, 0.05) is 6.20 Å². The third-order valence-electron chi connectivity index (χ3n) is 3.81. The molecule has 0 bridgehead atoms. The predicted octanol–water partition coefficient (Wildman–Crippen LogP) is 4.61. The first-order chi connectivity index (χ1) is 13.2. The van der Waals surface area contributed by atoms with Crippen LogP contribution in [0.1, 0.15) is 15.9 Å². The molecule has 27 heavy (non-hydrogen) atoms. The molecule has 0 saturated carbocycles. The molecule has 136 valence electrons. The molecule has 2 aromatic carbocycles. The lowest BCUT2D eigenvalue weighted by atomic mass is 10.2. The van der Waals surface area contributed by atoms with E-state index in [1.165, 1.54) is 0 Å². The van der Waals surface area contributed by atoms with Crippen molar-refractivity contribution < 1.29 is 23.7 Å². The number of aromatic nitrogens is 1. The standard InChI is InChI=1S/C20H14ClNO5/c21-16-9-13(10-17-18(16)26-12-25-17)11-24-20(23)15-7-4-8-22-19(15)27-14-5-2-1-3-6-14/h1-10H,11-12H2. The van der Waals surface area contributed by atoms with Crippen molar-refractivity contribution in [2.45, 2.75) is 6.61 Å². The number of hydrogen-bond acceptors (Lipinski definition) is 6. The van der Waals surface area contributed by atoms with Gasteiger partial charge in [0.1, 0.15) is 17.9 Å². The number of ether oxygens (including phenoxy) is 4. The topological polar surface area (TPSA) is 66.9 Å². The Kier molecular flexibility index (Phi) is 4.80. The van der Waals surface area contributed by atoms with Crippen LogP contribution in [0.15, 0.2) is 60.8 Å². The average Bonchev–Trinajstić information content (AvgIpc) is 3.17. The number of hydrogen-bond donors (Lipinski definition) is 0. The minimum atomic E-state index is -0.553. The van der Waals surface area contributed by atoms with Gasteiger partial charge in [0.05, 0.1) is 5.02 Å². The number of rotatable bonds is 5. The summed E-state index contributed by atoms with van der Waals surface area (Å²) >= 11 is 6.15. The molecule has 0 unspecified atom stereocenters. The fourth-order valence-electron chi connectivity index (χ4n) is 2.56. The Hall–Kier alpha value is -3.25. The van der Waals surface area contributed by atoms with Gasteiger partial charge in [0.15, 0.2) is 11.5 Å². The van der Waals surface area contributed by atoms with Crippen molar-refractivity contribution in [1.82, 2.24) is 4.98 Å². The summed E-state index contributed by atoms with van der Waals surface area (Å²) in [7, 11) is 0. The first-order valence-corrected chi connectivity index (χ1v) is 8.51. The number of para-hydroxylation sites is 1. The van der Waals surface area contributed by atoms with Crippen molar-refractivity contribution in [3.8, 4) is 23.1 Å². The highest BCUT2D eigenvalue weighted by molar-refractivity contribution is 6.32. The van der Waals surface area contributed by atoms with E-state index >= 15 is 0 Å². The van der Waals surface area contributed by atoms with Gasteiger partial charge in [-0.05, 0) is 42.0 Å². The zero-order chi connectivity index (χ0) is 18.6. The first kappa shape index (κ1) is 17.2. The fourth-order valence-corrected chi connectivity index (χ4v) is 2.85. The molecule has 0 atom stereocenters. The first-order valence-electron chi connectivity index (χ1n) is 8.14. The van der Waals surface area contributed by atoms with Gasteiger partial charge in [-0.15, -0.1) is 0 Å². The summed E-state index contributed by atoms with van der Waals surface area (Å²) in [6.07, 6.45) is 1.55. The van der Waals surface area contributed by atoms with Crippen LogP contribution in [-0.4, -0.2) is 17.7 Å². The van der Waals surface area contributed by atoms with Crippen LogP contribution in [0.3, 0.4) is 0 Å². The van der Waals surface area contributed by atoms with E-state index in [1.54, 1.807) is 42.6 Å². The number of fused-ring (bicyclic) bond motifs is 1. The maximum absolute atomic E-state index is 12.5. The molecule has 3 aromatic rings. The number of halogens is 1. The van der Waals surface area contributed by atoms with Crippen molar-refractivity contribution in [2.75, 3.05) is 6.79 Å². The quantitative estimate of drug-likeness (QED) is 0.599. The molecule has 1 aliphatic rings. The Labute approximate surface area is 160 Å². The van der Waals surface area contributed by atoms with Crippen LogP contribution in [-0.2, 0) is 11.3 Å². The van der Waals surface area contributed by atoms with Crippen LogP contribution in [0.5, 0.6) is 23.1 Å². The Morgan fingerprint density at radius 1 is 1.11 bits per heavy atom. The normalized spacial score (nSPS) is 11.9. The van der Waals surface area contributed by atoms with E-state index in [9.17, 15) is 4.79 Å². The summed E-state index contributed by atoms with van der Waals surface area (Å²) < 4.78 is 21.7. The summed E-state index contributed by atoms with van der Waals surface area (Å²) in [5, 5.41) is 0.408. The summed E-state index contributed by atoms with van der Waals surface area (Å²) in [6, 6.07) is 15.7. The monoisotopic (exact) mass is 383 g/mol. The van der Waals surface area contributed by atoms with E-state index in [-0.39, 0.29) is 24.8 Å². The maximum Gasteiger partial charge on any atom is 0.344 e. The van der Waals surface area contributed by atoms with Crippen LogP contribution in [0, 0.1) is 0 Å². The predicted molar refractivity (Wildman–Crippen MR) is 97.4 cm³/mol. The SMILES string of the molecule is O=C(OCc1cc(Cl)c2c(c1)OCO2)c1cccnc1Oc1ccccc1. The van der Waals surface area contributed by atoms with Crippen LogP contribution >= 0.6 is 11.6 Å². The van der Waals surface area contributed by atoms with Crippen molar-refractivity contribution >= 4 is 17.6 Å². The minimum absolute atomic E-state index is 0.0227. The van der Waals surface area contributed by atoms with Gasteiger partial charge < -0.3 is 18.9 Å². The molecule has 7 heteroatoms. The third kappa shape index (κ3) is 3.80. The zero-order valence-electron chi connectivity index (χ0n) is 14.1. The third-order valence-corrected chi connectivity index (χ3v) is 4.09. The molecule has 0 amide bonds. The zero-order valence-corrected chi connectivity index (χ0v) is 14.8. The number of carbonyl (C=O) groups excluding carboxylic acids is 1. The highest BCUT2D eigenvalue weighted by atomic mass is 35.5. The molecule has 1 aromatic heterocycles. The molecular weight excluding hydrogens is 370 g/mol. The molecule has 0 radical (unpaired) electrons. The van der Waals surface area contributed by atoms with Gasteiger partial charge in [0.25, 0.3) is 0 Å². The molecule has 0 fully saturated rings. The molecule has 0 aliphatic carbocycles. The van der Waals surface area contributed by atoms with Gasteiger partial charge in [0.2, 0.25) is 12.7 Å². The molecule has 4 rings (SSSR count). The van der Waals surface area contributed by atoms with Gasteiger partial charge in [-0.1, -0.05) is 29.8 Å². The maximum atomic E-state index is 12.5. The van der Waals surface area contributed by atoms with Gasteiger partial charge in [-0.3, -0.25) is 0 Å². The van der Waals surface area contributed by atoms with Gasteiger partial charge in [-0.2, -0.15) is 0 Å². The summed E-state index contributed by atoms with van der Waals surface area (Å²) in [5.74, 6) is 1.23. The molecular formula is C20H14ClNO5. The number of benzene rings is 2. The summed E-state index contributed by atoms with van der Waals surface area (Å²) in [6.45, 7) is 0.142. The van der Waals surface area contributed by atoms with Crippen molar-refractivity contribution in [1.29, 1.82) is 0 Å². The highest BCUT2D eigenvalue weighted by Crippen LogP contribution is 2.40. The average molecular weight is 384 g/mol. The van der Waals surface area contributed by atoms with Crippen molar-refractivity contribution in [3.63, 3.8) is 0 Å². The lowest BCUT2D eigenvalue weighted by Gasteiger charge is -2.10. The van der Waals surface area contributed by atoms with Crippen LogP contribution < -0.4 is 14.2 Å². The molecule has 0 N–H and O–H groups in total. The summed E-state index contributed by atoms with van der Waals surface area (Å²) in [5.41, 5.74) is 0.917. The largest absolute Gasteiger partial charge is 0.457 e. The van der Waals surface area contributed by atoms with E-state index in [4.69, 9.17) is 30.5 Å². The highest BCUT2D eigenvalue weighted by Gasteiger charge is 2.20. The molecule has 2 heterocycles. The fraction of sp³-hybridized carbons (Fsp3) is 0.100. The lowest BCUT2D eigenvalue weighted by Crippen LogP contribution is -2.08. The lowest BCUT2D eigenvalue weighted by molar-refractivity contribution is 0.0468. The van der Waals surface area contributed by atoms with E-state index in [0.717, 1.165) is 0 Å². The van der Waals surface area contributed by atoms with E-state index in [1.807, 2.05) is 18.2 Å². The van der Waals surface area contributed by atoms with Crippen LogP contribution in [0.2, 0.25) is 5.02 Å². The van der Waals surface area contributed by atoms with Crippen LogP contribution in [0.4, 0.5) is 0 Å². The van der Waals surface area contributed by atoms with Crippen molar-refractivity contribution in [2.24, 2.45) is 0 Å². The smallest absolute Gasteiger partial charge is 0.344 e. The Morgan fingerprint density at radius 2 is 1.96 bits per heavy atom. The Morgan fingerprint density at radius 3 is 2.81 bits per heavy atom. The van der Waals surface area contributed by atoms with Crippen molar-refractivity contribution in [3.05, 3.63) is 76.9 Å². The number of pyridine rings is 1. The number of nitrogens with zero attached hydrogens (tertiary/aromatic N) is 1. The number of carbonyl (C=O) groups is 1. The molecule has 1 aliphatic heterocycles. The second kappa shape index (κ2) is 7.55. The van der Waals surface area contributed by atoms with E-state index in [0.29, 0.717) is 27.8 Å². The van der Waals surface area contributed by atoms with Gasteiger partial charge in [-0.25, -0.2) is 9.78 Å². The molecule has 6 nitrogen and oxygen atoms in total. The van der Waals surface area contributed by atoms with E-state index < -0.39 is 5.97 Å². The van der Waals surface area contributed by atoms with Gasteiger partial charge >= 0.3 is 5.97 Å². The Bertz CT molecular complexity index is 977. The molecule has 0 saturated heterocycles. The second-order valence-corrected chi connectivity index (χ2v) is 6.07. The van der Waals surface area contributed by atoms with Crippen LogP contribution in [0.25, 0.3) is 0 Å². The van der Waals surface area contributed by atoms with E-state index in [2.05, 4.69) is 4.98 Å².